The minimum absolute atomic E-state index is 0.00253. The van der Waals surface area contributed by atoms with E-state index in [4.69, 9.17) is 0 Å². The highest BCUT2D eigenvalue weighted by atomic mass is 31.2. The predicted octanol–water partition coefficient (Wildman–Crippen LogP) is 4.37. The predicted molar refractivity (Wildman–Crippen MR) is 112 cm³/mol. The molecule has 1 fully saturated rings. The van der Waals surface area contributed by atoms with Crippen LogP contribution in [0, 0.1) is 12.8 Å². The molecule has 140 valence electrons. The van der Waals surface area contributed by atoms with Crippen molar-refractivity contribution in [2.24, 2.45) is 5.92 Å². The lowest BCUT2D eigenvalue weighted by Crippen LogP contribution is -2.35. The van der Waals surface area contributed by atoms with Gasteiger partial charge in [-0.05, 0) is 54.7 Å². The van der Waals surface area contributed by atoms with E-state index in [2.05, 4.69) is 25.1 Å². The number of carbonyl (C=O) groups is 1. The van der Waals surface area contributed by atoms with Crippen molar-refractivity contribution in [3.05, 3.63) is 95.6 Å². The van der Waals surface area contributed by atoms with E-state index in [1.807, 2.05) is 60.7 Å². The van der Waals surface area contributed by atoms with Crippen molar-refractivity contribution in [3.63, 3.8) is 0 Å². The summed E-state index contributed by atoms with van der Waals surface area (Å²) in [5.74, 6) is 0.197. The largest absolute Gasteiger partial charge is 0.290 e. The Bertz CT molecular complexity index is 1050. The van der Waals surface area contributed by atoms with Gasteiger partial charge in [0.15, 0.2) is 0 Å². The molecule has 2 atom stereocenters. The maximum atomic E-state index is 14.8. The Morgan fingerprint density at radius 2 is 1.46 bits per heavy atom. The topological polar surface area (TPSA) is 37.4 Å². The van der Waals surface area contributed by atoms with Gasteiger partial charge in [0.05, 0.1) is 6.04 Å². The molecule has 0 bridgehead atoms. The molecule has 3 aromatic rings. The van der Waals surface area contributed by atoms with E-state index in [1.54, 1.807) is 4.67 Å². The van der Waals surface area contributed by atoms with Crippen LogP contribution in [0.4, 0.5) is 0 Å². The second kappa shape index (κ2) is 6.46. The van der Waals surface area contributed by atoms with E-state index >= 15 is 0 Å². The normalized spacial score (nSPS) is 20.9. The molecular formula is C24H22NO2P. The number of carbonyl (C=O) groups excluding carboxylic acids is 1. The molecule has 1 amide bonds. The number of fused-ring (bicyclic) bond motifs is 3. The van der Waals surface area contributed by atoms with E-state index in [1.165, 1.54) is 11.1 Å². The Morgan fingerprint density at radius 3 is 2.07 bits per heavy atom. The van der Waals surface area contributed by atoms with Gasteiger partial charge in [0.25, 0.3) is 0 Å². The molecule has 2 aliphatic rings. The Morgan fingerprint density at radius 1 is 0.857 bits per heavy atom. The standard InChI is InChI=1S/C24H22NO2P/c1-17-12-13-22-18(14-17)15-19-16-23(26)25(24(19)22)28(27,20-8-4-2-5-9-20)21-10-6-3-7-11-21/h2-14,19,24H,15-16H2,1H3/t19-,24+/m1/s1. The lowest BCUT2D eigenvalue weighted by Gasteiger charge is -2.34. The zero-order valence-corrected chi connectivity index (χ0v) is 16.7. The molecule has 0 spiro atoms. The van der Waals surface area contributed by atoms with Gasteiger partial charge < -0.3 is 0 Å². The third-order valence-corrected chi connectivity index (χ3v) is 9.09. The first-order valence-corrected chi connectivity index (χ1v) is 11.4. The van der Waals surface area contributed by atoms with E-state index in [0.717, 1.165) is 22.6 Å². The van der Waals surface area contributed by atoms with Gasteiger partial charge in [-0.2, -0.15) is 0 Å². The van der Waals surface area contributed by atoms with Crippen LogP contribution in [-0.4, -0.2) is 10.6 Å². The molecule has 0 aromatic heterocycles. The minimum Gasteiger partial charge on any atom is -0.290 e. The van der Waals surface area contributed by atoms with E-state index in [-0.39, 0.29) is 17.9 Å². The van der Waals surface area contributed by atoms with Gasteiger partial charge in [-0.25, -0.2) is 0 Å². The number of rotatable bonds is 3. The van der Waals surface area contributed by atoms with E-state index < -0.39 is 7.29 Å². The first-order chi connectivity index (χ1) is 13.6. The second-order valence-electron chi connectivity index (χ2n) is 7.80. The molecule has 28 heavy (non-hydrogen) atoms. The van der Waals surface area contributed by atoms with Crippen molar-refractivity contribution in [2.45, 2.75) is 25.8 Å². The van der Waals surface area contributed by atoms with Crippen molar-refractivity contribution in [2.75, 3.05) is 0 Å². The van der Waals surface area contributed by atoms with Gasteiger partial charge in [-0.3, -0.25) is 14.0 Å². The smallest absolute Gasteiger partial charge is 0.232 e. The molecule has 4 heteroatoms. The summed E-state index contributed by atoms with van der Waals surface area (Å²) in [5.41, 5.74) is 3.68. The molecule has 3 aromatic carbocycles. The lowest BCUT2D eigenvalue weighted by molar-refractivity contribution is -0.124. The quantitative estimate of drug-likeness (QED) is 0.626. The first kappa shape index (κ1) is 17.5. The van der Waals surface area contributed by atoms with Gasteiger partial charge in [0.2, 0.25) is 13.2 Å². The summed E-state index contributed by atoms with van der Waals surface area (Å²) in [6.07, 6.45) is 1.34. The van der Waals surface area contributed by atoms with Crippen LogP contribution < -0.4 is 10.6 Å². The highest BCUT2D eigenvalue weighted by Crippen LogP contribution is 2.60. The summed E-state index contributed by atoms with van der Waals surface area (Å²) in [6, 6.07) is 25.3. The van der Waals surface area contributed by atoms with Gasteiger partial charge in [-0.1, -0.05) is 60.2 Å². The molecule has 1 saturated heterocycles. The molecular weight excluding hydrogens is 365 g/mol. The molecule has 0 unspecified atom stereocenters. The van der Waals surface area contributed by atoms with E-state index in [0.29, 0.717) is 6.42 Å². The Labute approximate surface area is 165 Å². The SMILES string of the molecule is Cc1ccc2c(c1)C[C@@H]1CC(=O)N(P(=O)(c3ccccc3)c3ccccc3)[C@H]21. The zero-order chi connectivity index (χ0) is 19.3. The van der Waals surface area contributed by atoms with Crippen molar-refractivity contribution < 1.29 is 9.36 Å². The fourth-order valence-corrected chi connectivity index (χ4v) is 7.83. The van der Waals surface area contributed by atoms with Crippen LogP contribution in [0.3, 0.4) is 0 Å². The van der Waals surface area contributed by atoms with Crippen LogP contribution in [0.2, 0.25) is 0 Å². The Balaban J connectivity index is 1.72. The zero-order valence-electron chi connectivity index (χ0n) is 15.8. The maximum Gasteiger partial charge on any atom is 0.232 e. The molecule has 3 nitrogen and oxygen atoms in total. The number of hydrogen-bond donors (Lipinski definition) is 0. The third kappa shape index (κ3) is 2.50. The number of amides is 1. The van der Waals surface area contributed by atoms with Crippen LogP contribution >= 0.6 is 7.29 Å². The summed E-state index contributed by atoms with van der Waals surface area (Å²) in [7, 11) is -3.28. The van der Waals surface area contributed by atoms with Crippen molar-refractivity contribution in [3.8, 4) is 0 Å². The van der Waals surface area contributed by atoms with Crippen molar-refractivity contribution in [1.29, 1.82) is 0 Å². The van der Waals surface area contributed by atoms with Gasteiger partial charge in [0.1, 0.15) is 0 Å². The van der Waals surface area contributed by atoms with Crippen LogP contribution in [0.15, 0.2) is 78.9 Å². The molecule has 1 heterocycles. The maximum absolute atomic E-state index is 14.8. The fraction of sp³-hybridized carbons (Fsp3) is 0.208. The van der Waals surface area contributed by atoms with Crippen LogP contribution in [0.25, 0.3) is 0 Å². The Hall–Kier alpha value is -2.64. The molecule has 0 N–H and O–H groups in total. The molecule has 5 rings (SSSR count). The monoisotopic (exact) mass is 387 g/mol. The van der Waals surface area contributed by atoms with Crippen LogP contribution in [0.1, 0.15) is 29.2 Å². The molecule has 1 aliphatic carbocycles. The third-order valence-electron chi connectivity index (χ3n) is 6.02. The summed E-state index contributed by atoms with van der Waals surface area (Å²) >= 11 is 0. The van der Waals surface area contributed by atoms with Crippen LogP contribution in [-0.2, 0) is 15.8 Å². The number of hydrogen-bond acceptors (Lipinski definition) is 2. The average molecular weight is 387 g/mol. The molecule has 1 aliphatic heterocycles. The molecule has 0 radical (unpaired) electrons. The van der Waals surface area contributed by atoms with Gasteiger partial charge in [-0.15, -0.1) is 0 Å². The number of benzene rings is 3. The van der Waals surface area contributed by atoms with Gasteiger partial charge >= 0.3 is 0 Å². The fourth-order valence-electron chi connectivity index (χ4n) is 4.83. The van der Waals surface area contributed by atoms with Crippen LogP contribution in [0.5, 0.6) is 0 Å². The van der Waals surface area contributed by atoms with E-state index in [9.17, 15) is 9.36 Å². The minimum atomic E-state index is -3.28. The number of aryl methyl sites for hydroxylation is 1. The highest BCUT2D eigenvalue weighted by Gasteiger charge is 2.53. The second-order valence-corrected chi connectivity index (χ2v) is 10.4. The first-order valence-electron chi connectivity index (χ1n) is 9.72. The summed E-state index contributed by atoms with van der Waals surface area (Å²) in [6.45, 7) is 2.09. The summed E-state index contributed by atoms with van der Waals surface area (Å²) in [4.78, 5) is 13.2. The van der Waals surface area contributed by atoms with Crippen molar-refractivity contribution >= 4 is 23.8 Å². The lowest BCUT2D eigenvalue weighted by atomic mass is 10.0. The summed E-state index contributed by atoms with van der Waals surface area (Å²) < 4.78 is 16.5. The summed E-state index contributed by atoms with van der Waals surface area (Å²) in [5, 5.41) is 1.44. The Kier molecular flexibility index (Phi) is 4.03. The number of nitrogens with zero attached hydrogens (tertiary/aromatic N) is 1. The van der Waals surface area contributed by atoms with Gasteiger partial charge in [0, 0.05) is 17.0 Å². The van der Waals surface area contributed by atoms with Crippen molar-refractivity contribution in [1.82, 2.24) is 4.67 Å². The molecule has 0 saturated carbocycles. The average Bonchev–Trinajstić information content (AvgIpc) is 3.22. The highest BCUT2D eigenvalue weighted by molar-refractivity contribution is 7.77.